The summed E-state index contributed by atoms with van der Waals surface area (Å²) in [7, 11) is 0. The third-order valence-corrected chi connectivity index (χ3v) is 3.45. The Bertz CT molecular complexity index is 388. The molecular formula is C14H18N2. The van der Waals surface area contributed by atoms with Crippen molar-refractivity contribution in [3.05, 3.63) is 29.8 Å². The Kier molecular flexibility index (Phi) is 3.14. The summed E-state index contributed by atoms with van der Waals surface area (Å²) >= 11 is 0. The summed E-state index contributed by atoms with van der Waals surface area (Å²) in [4.78, 5) is 2.45. The highest BCUT2D eigenvalue weighted by Gasteiger charge is 2.22. The van der Waals surface area contributed by atoms with Crippen molar-refractivity contribution in [3.63, 3.8) is 0 Å². The van der Waals surface area contributed by atoms with Crippen molar-refractivity contribution in [2.75, 3.05) is 11.4 Å². The van der Waals surface area contributed by atoms with Crippen LogP contribution in [0, 0.1) is 17.2 Å². The summed E-state index contributed by atoms with van der Waals surface area (Å²) in [6, 6.07) is 10.7. The van der Waals surface area contributed by atoms with Gasteiger partial charge in [-0.25, -0.2) is 0 Å². The Morgan fingerprint density at radius 3 is 2.50 bits per heavy atom. The van der Waals surface area contributed by atoms with Gasteiger partial charge in [0.25, 0.3) is 0 Å². The fraction of sp³-hybridized carbons (Fsp3) is 0.500. The smallest absolute Gasteiger partial charge is 0.0991 e. The number of rotatable bonds is 1. The predicted molar refractivity (Wildman–Crippen MR) is 66.4 cm³/mol. The largest absolute Gasteiger partial charge is 0.369 e. The van der Waals surface area contributed by atoms with Crippen LogP contribution in [0.4, 0.5) is 5.69 Å². The zero-order valence-corrected chi connectivity index (χ0v) is 9.98. The third kappa shape index (κ3) is 2.19. The van der Waals surface area contributed by atoms with Crippen molar-refractivity contribution in [1.29, 1.82) is 5.26 Å². The highest BCUT2D eigenvalue weighted by Crippen LogP contribution is 2.27. The first-order valence-corrected chi connectivity index (χ1v) is 5.97. The second kappa shape index (κ2) is 4.57. The summed E-state index contributed by atoms with van der Waals surface area (Å²) in [5.74, 6) is 0.770. The van der Waals surface area contributed by atoms with Gasteiger partial charge in [0.2, 0.25) is 0 Å². The van der Waals surface area contributed by atoms with E-state index in [-0.39, 0.29) is 0 Å². The summed E-state index contributed by atoms with van der Waals surface area (Å²) in [5, 5.41) is 8.77. The fourth-order valence-corrected chi connectivity index (χ4v) is 2.38. The van der Waals surface area contributed by atoms with Crippen molar-refractivity contribution in [3.8, 4) is 6.07 Å². The van der Waals surface area contributed by atoms with Crippen LogP contribution in [0.5, 0.6) is 0 Å². The molecule has 1 fully saturated rings. The first kappa shape index (κ1) is 11.0. The highest BCUT2D eigenvalue weighted by atomic mass is 15.2. The fourth-order valence-electron chi connectivity index (χ4n) is 2.38. The van der Waals surface area contributed by atoms with Crippen molar-refractivity contribution >= 4 is 5.69 Å². The molecule has 0 saturated carbocycles. The van der Waals surface area contributed by atoms with Gasteiger partial charge in [0, 0.05) is 18.3 Å². The second-order valence-electron chi connectivity index (χ2n) is 4.84. The van der Waals surface area contributed by atoms with Crippen LogP contribution in [0.15, 0.2) is 24.3 Å². The molecule has 0 radical (unpaired) electrons. The maximum Gasteiger partial charge on any atom is 0.0991 e. The number of nitriles is 1. The normalized spacial score (nSPS) is 25.2. The van der Waals surface area contributed by atoms with Gasteiger partial charge in [-0.1, -0.05) is 6.92 Å². The molecule has 1 aliphatic heterocycles. The molecule has 2 heteroatoms. The van der Waals surface area contributed by atoms with Gasteiger partial charge >= 0.3 is 0 Å². The van der Waals surface area contributed by atoms with Crippen LogP contribution in [0.3, 0.4) is 0 Å². The first-order chi connectivity index (χ1) is 7.70. The number of hydrogen-bond donors (Lipinski definition) is 0. The maximum absolute atomic E-state index is 8.77. The lowest BCUT2D eigenvalue weighted by Gasteiger charge is -2.38. The molecule has 1 heterocycles. The number of benzene rings is 1. The van der Waals surface area contributed by atoms with Crippen molar-refractivity contribution in [2.24, 2.45) is 5.92 Å². The molecule has 84 valence electrons. The minimum absolute atomic E-state index is 0.615. The monoisotopic (exact) mass is 214 g/mol. The Morgan fingerprint density at radius 1 is 1.19 bits per heavy atom. The molecule has 1 saturated heterocycles. The average Bonchev–Trinajstić information content (AvgIpc) is 2.32. The number of hydrogen-bond acceptors (Lipinski definition) is 2. The topological polar surface area (TPSA) is 27.0 Å². The lowest BCUT2D eigenvalue weighted by atomic mass is 9.94. The summed E-state index contributed by atoms with van der Waals surface area (Å²) in [6.45, 7) is 5.72. The second-order valence-corrected chi connectivity index (χ2v) is 4.84. The van der Waals surface area contributed by atoms with Gasteiger partial charge in [-0.2, -0.15) is 5.26 Å². The lowest BCUT2D eigenvalue weighted by Crippen LogP contribution is -2.41. The van der Waals surface area contributed by atoms with Crippen molar-refractivity contribution < 1.29 is 0 Å². The molecule has 1 aromatic carbocycles. The lowest BCUT2D eigenvalue weighted by molar-refractivity contribution is 0.390. The van der Waals surface area contributed by atoms with Crippen LogP contribution in [-0.2, 0) is 0 Å². The summed E-state index contributed by atoms with van der Waals surface area (Å²) < 4.78 is 0. The van der Waals surface area contributed by atoms with Crippen LogP contribution in [0.2, 0.25) is 0 Å². The van der Waals surface area contributed by atoms with Crippen LogP contribution < -0.4 is 4.90 Å². The summed E-state index contributed by atoms with van der Waals surface area (Å²) in [6.07, 6.45) is 2.59. The SMILES string of the molecule is CC1CCC(C)N(c2ccc(C#N)cc2)C1. The maximum atomic E-state index is 8.77. The van der Waals surface area contributed by atoms with E-state index in [1.807, 2.05) is 12.1 Å². The molecular weight excluding hydrogens is 196 g/mol. The average molecular weight is 214 g/mol. The van der Waals surface area contributed by atoms with Gasteiger partial charge < -0.3 is 4.90 Å². The van der Waals surface area contributed by atoms with Crippen LogP contribution >= 0.6 is 0 Å². The highest BCUT2D eigenvalue weighted by molar-refractivity contribution is 5.50. The van der Waals surface area contributed by atoms with Gasteiger partial charge in [-0.05, 0) is 49.9 Å². The molecule has 0 aromatic heterocycles. The third-order valence-electron chi connectivity index (χ3n) is 3.45. The van der Waals surface area contributed by atoms with E-state index in [0.29, 0.717) is 6.04 Å². The van der Waals surface area contributed by atoms with E-state index >= 15 is 0 Å². The Balaban J connectivity index is 2.18. The molecule has 2 unspecified atom stereocenters. The van der Waals surface area contributed by atoms with E-state index in [1.54, 1.807) is 0 Å². The van der Waals surface area contributed by atoms with E-state index in [4.69, 9.17) is 5.26 Å². The standard InChI is InChI=1S/C14H18N2/c1-11-3-4-12(2)16(10-11)14-7-5-13(9-15)6-8-14/h5-8,11-12H,3-4,10H2,1-2H3. The van der Waals surface area contributed by atoms with Crippen LogP contribution in [-0.4, -0.2) is 12.6 Å². The molecule has 0 N–H and O–H groups in total. The number of piperidine rings is 1. The van der Waals surface area contributed by atoms with E-state index in [1.165, 1.54) is 18.5 Å². The molecule has 16 heavy (non-hydrogen) atoms. The molecule has 0 bridgehead atoms. The Hall–Kier alpha value is -1.49. The van der Waals surface area contributed by atoms with Crippen LogP contribution in [0.25, 0.3) is 0 Å². The van der Waals surface area contributed by atoms with E-state index in [9.17, 15) is 0 Å². The molecule has 2 rings (SSSR count). The zero-order valence-electron chi connectivity index (χ0n) is 9.98. The van der Waals surface area contributed by atoms with E-state index in [2.05, 4.69) is 36.9 Å². The van der Waals surface area contributed by atoms with Gasteiger partial charge in [-0.3, -0.25) is 0 Å². The Morgan fingerprint density at radius 2 is 1.88 bits per heavy atom. The summed E-state index contributed by atoms with van der Waals surface area (Å²) in [5.41, 5.74) is 1.99. The number of nitrogens with zero attached hydrogens (tertiary/aromatic N) is 2. The van der Waals surface area contributed by atoms with Crippen molar-refractivity contribution in [1.82, 2.24) is 0 Å². The van der Waals surface area contributed by atoms with Crippen molar-refractivity contribution in [2.45, 2.75) is 32.7 Å². The van der Waals surface area contributed by atoms with Crippen LogP contribution in [0.1, 0.15) is 32.3 Å². The predicted octanol–water partition coefficient (Wildman–Crippen LogP) is 3.18. The molecule has 1 aliphatic rings. The minimum atomic E-state index is 0.615. The molecule has 0 spiro atoms. The quantitative estimate of drug-likeness (QED) is 0.718. The molecule has 2 atom stereocenters. The molecule has 2 nitrogen and oxygen atoms in total. The van der Waals surface area contributed by atoms with E-state index < -0.39 is 0 Å². The molecule has 1 aromatic rings. The van der Waals surface area contributed by atoms with E-state index in [0.717, 1.165) is 18.0 Å². The Labute approximate surface area is 97.5 Å². The van der Waals surface area contributed by atoms with Gasteiger partial charge in [-0.15, -0.1) is 0 Å². The molecule has 0 amide bonds. The minimum Gasteiger partial charge on any atom is -0.369 e. The molecule has 0 aliphatic carbocycles. The van der Waals surface area contributed by atoms with Gasteiger partial charge in [0.1, 0.15) is 0 Å². The number of anilines is 1. The zero-order chi connectivity index (χ0) is 11.5. The van der Waals surface area contributed by atoms with Gasteiger partial charge in [0.15, 0.2) is 0 Å². The van der Waals surface area contributed by atoms with Gasteiger partial charge in [0.05, 0.1) is 11.6 Å². The first-order valence-electron chi connectivity index (χ1n) is 5.97.